The van der Waals surface area contributed by atoms with E-state index in [1.165, 1.54) is 18.2 Å². The van der Waals surface area contributed by atoms with Crippen molar-refractivity contribution in [2.45, 2.75) is 12.6 Å². The van der Waals surface area contributed by atoms with E-state index in [9.17, 15) is 14.7 Å². The molecule has 1 saturated heterocycles. The minimum absolute atomic E-state index is 0.0597. The second kappa shape index (κ2) is 11.5. The Kier molecular flexibility index (Phi) is 7.70. The Morgan fingerprint density at radius 3 is 2.30 bits per heavy atom. The molecule has 0 aliphatic carbocycles. The first-order valence-electron chi connectivity index (χ1n) is 12.3. The lowest BCUT2D eigenvalue weighted by molar-refractivity contribution is -0.132. The summed E-state index contributed by atoms with van der Waals surface area (Å²) in [6, 6.07) is 22.9. The number of benzene rings is 3. The van der Waals surface area contributed by atoms with Crippen LogP contribution in [0.1, 0.15) is 22.7 Å². The van der Waals surface area contributed by atoms with Gasteiger partial charge in [0.1, 0.15) is 35.4 Å². The Labute approximate surface area is 236 Å². The summed E-state index contributed by atoms with van der Waals surface area (Å²) in [5, 5.41) is 12.0. The zero-order chi connectivity index (χ0) is 28.2. The third kappa shape index (κ3) is 5.21. The number of anilines is 1. The van der Waals surface area contributed by atoms with E-state index in [0.29, 0.717) is 39.0 Å². The van der Waals surface area contributed by atoms with E-state index in [2.05, 4.69) is 4.98 Å². The molecule has 5 rings (SSSR count). The number of carbonyl (C=O) groups is 2. The van der Waals surface area contributed by atoms with E-state index < -0.39 is 17.7 Å². The van der Waals surface area contributed by atoms with Gasteiger partial charge < -0.3 is 19.3 Å². The first-order chi connectivity index (χ1) is 19.4. The van der Waals surface area contributed by atoms with Crippen molar-refractivity contribution in [2.75, 3.05) is 19.1 Å². The van der Waals surface area contributed by atoms with Crippen LogP contribution >= 0.6 is 11.6 Å². The zero-order valence-electron chi connectivity index (χ0n) is 21.7. The lowest BCUT2D eigenvalue weighted by Gasteiger charge is -2.25. The van der Waals surface area contributed by atoms with Crippen molar-refractivity contribution >= 4 is 34.9 Å². The monoisotopic (exact) mass is 556 g/mol. The quantitative estimate of drug-likeness (QED) is 0.162. The number of ether oxygens (including phenoxy) is 3. The number of carbonyl (C=O) groups excluding carboxylic acids is 2. The van der Waals surface area contributed by atoms with E-state index in [1.807, 2.05) is 0 Å². The SMILES string of the molecule is COc1ccc(C(O)=C2C(=O)C(=O)N(c3ccccn3)C2c2ccc(OC)c(COc3ccc(Cl)cc3)c2)cc1. The molecule has 4 aromatic rings. The number of Topliss-reactive ketones (excluding diaryl/α,β-unsaturated/α-hetero) is 1. The molecule has 9 heteroatoms. The van der Waals surface area contributed by atoms with Gasteiger partial charge in [0, 0.05) is 22.3 Å². The summed E-state index contributed by atoms with van der Waals surface area (Å²) < 4.78 is 16.7. The number of aliphatic hydroxyl groups is 1. The summed E-state index contributed by atoms with van der Waals surface area (Å²) in [6.07, 6.45) is 1.54. The third-order valence-corrected chi connectivity index (χ3v) is 6.78. The van der Waals surface area contributed by atoms with Crippen molar-refractivity contribution in [1.29, 1.82) is 0 Å². The molecular weight excluding hydrogens is 532 g/mol. The van der Waals surface area contributed by atoms with Crippen molar-refractivity contribution in [1.82, 2.24) is 4.98 Å². The minimum atomic E-state index is -0.961. The van der Waals surface area contributed by atoms with E-state index >= 15 is 0 Å². The number of ketones is 1. The van der Waals surface area contributed by atoms with Gasteiger partial charge in [0.25, 0.3) is 5.78 Å². The molecule has 202 valence electrons. The molecule has 1 unspecified atom stereocenters. The number of hydrogen-bond donors (Lipinski definition) is 1. The van der Waals surface area contributed by atoms with Crippen LogP contribution in [0.5, 0.6) is 17.2 Å². The summed E-state index contributed by atoms with van der Waals surface area (Å²) in [6.45, 7) is 0.139. The number of aliphatic hydroxyl groups excluding tert-OH is 1. The Balaban J connectivity index is 1.62. The molecule has 1 amide bonds. The molecule has 1 aromatic heterocycles. The summed E-state index contributed by atoms with van der Waals surface area (Å²) in [7, 11) is 3.08. The van der Waals surface area contributed by atoms with Crippen molar-refractivity contribution in [3.8, 4) is 17.2 Å². The number of pyridine rings is 1. The van der Waals surface area contributed by atoms with Gasteiger partial charge in [0.15, 0.2) is 0 Å². The molecule has 1 N–H and O–H groups in total. The molecule has 2 heterocycles. The van der Waals surface area contributed by atoms with Gasteiger partial charge in [0.2, 0.25) is 0 Å². The average molecular weight is 557 g/mol. The second-order valence-electron chi connectivity index (χ2n) is 8.90. The summed E-state index contributed by atoms with van der Waals surface area (Å²) in [4.78, 5) is 32.4. The van der Waals surface area contributed by atoms with Gasteiger partial charge in [0.05, 0.1) is 25.8 Å². The van der Waals surface area contributed by atoms with Gasteiger partial charge in [-0.15, -0.1) is 0 Å². The van der Waals surface area contributed by atoms with Gasteiger partial charge >= 0.3 is 5.91 Å². The largest absolute Gasteiger partial charge is 0.507 e. The van der Waals surface area contributed by atoms with Crippen LogP contribution in [0.2, 0.25) is 5.02 Å². The molecule has 3 aromatic carbocycles. The van der Waals surface area contributed by atoms with E-state index in [-0.39, 0.29) is 23.8 Å². The van der Waals surface area contributed by atoms with Crippen molar-refractivity contribution in [3.63, 3.8) is 0 Å². The number of hydrogen-bond acceptors (Lipinski definition) is 7. The van der Waals surface area contributed by atoms with Crippen LogP contribution in [0.15, 0.2) is 96.7 Å². The fourth-order valence-electron chi connectivity index (χ4n) is 4.56. The maximum absolute atomic E-state index is 13.4. The molecule has 0 radical (unpaired) electrons. The van der Waals surface area contributed by atoms with Crippen molar-refractivity contribution < 1.29 is 28.9 Å². The maximum Gasteiger partial charge on any atom is 0.301 e. The van der Waals surface area contributed by atoms with E-state index in [4.69, 9.17) is 25.8 Å². The number of amides is 1. The smallest absolute Gasteiger partial charge is 0.301 e. The highest BCUT2D eigenvalue weighted by Gasteiger charge is 2.47. The van der Waals surface area contributed by atoms with Crippen LogP contribution in [-0.2, 0) is 16.2 Å². The Morgan fingerprint density at radius 2 is 1.65 bits per heavy atom. The van der Waals surface area contributed by atoms with Gasteiger partial charge in [-0.2, -0.15) is 0 Å². The Morgan fingerprint density at radius 1 is 0.925 bits per heavy atom. The summed E-state index contributed by atoms with van der Waals surface area (Å²) in [5.41, 5.74) is 1.54. The molecular formula is C31H25ClN2O6. The molecule has 1 aliphatic heterocycles. The Hall–Kier alpha value is -4.82. The van der Waals surface area contributed by atoms with E-state index in [1.54, 1.807) is 92.0 Å². The van der Waals surface area contributed by atoms with Crippen LogP contribution in [0.4, 0.5) is 5.82 Å². The minimum Gasteiger partial charge on any atom is -0.507 e. The molecule has 8 nitrogen and oxygen atoms in total. The third-order valence-electron chi connectivity index (χ3n) is 6.53. The average Bonchev–Trinajstić information content (AvgIpc) is 3.26. The van der Waals surface area contributed by atoms with Gasteiger partial charge in [-0.05, 0) is 78.4 Å². The number of nitrogens with zero attached hydrogens (tertiary/aromatic N) is 2. The highest BCUT2D eigenvalue weighted by atomic mass is 35.5. The molecule has 1 fully saturated rings. The fourth-order valence-corrected chi connectivity index (χ4v) is 4.68. The Bertz CT molecular complexity index is 1570. The highest BCUT2D eigenvalue weighted by molar-refractivity contribution is 6.51. The number of methoxy groups -OCH3 is 2. The highest BCUT2D eigenvalue weighted by Crippen LogP contribution is 2.42. The van der Waals surface area contributed by atoms with Gasteiger partial charge in [-0.1, -0.05) is 23.7 Å². The van der Waals surface area contributed by atoms with Crippen LogP contribution in [0.25, 0.3) is 5.76 Å². The van der Waals surface area contributed by atoms with Gasteiger partial charge in [-0.3, -0.25) is 14.5 Å². The summed E-state index contributed by atoms with van der Waals surface area (Å²) in [5.74, 6) is 0.103. The number of rotatable bonds is 8. The predicted octanol–water partition coefficient (Wildman–Crippen LogP) is 5.96. The lowest BCUT2D eigenvalue weighted by Crippen LogP contribution is -2.30. The van der Waals surface area contributed by atoms with Crippen molar-refractivity contribution in [2.24, 2.45) is 0 Å². The molecule has 40 heavy (non-hydrogen) atoms. The van der Waals surface area contributed by atoms with Crippen LogP contribution in [-0.4, -0.2) is 36.0 Å². The first kappa shape index (κ1) is 26.8. The first-order valence-corrected chi connectivity index (χ1v) is 12.7. The van der Waals surface area contributed by atoms with Crippen LogP contribution in [0.3, 0.4) is 0 Å². The van der Waals surface area contributed by atoms with Crippen molar-refractivity contribution in [3.05, 3.63) is 118 Å². The lowest BCUT2D eigenvalue weighted by atomic mass is 9.94. The maximum atomic E-state index is 13.4. The predicted molar refractivity (Wildman–Crippen MR) is 151 cm³/mol. The number of aromatic nitrogens is 1. The van der Waals surface area contributed by atoms with Crippen LogP contribution in [0, 0.1) is 0 Å². The molecule has 1 atom stereocenters. The van der Waals surface area contributed by atoms with Crippen LogP contribution < -0.4 is 19.1 Å². The topological polar surface area (TPSA) is 98.2 Å². The molecule has 1 aliphatic rings. The molecule has 0 spiro atoms. The fraction of sp³-hybridized carbons (Fsp3) is 0.129. The number of halogens is 1. The molecule has 0 saturated carbocycles. The van der Waals surface area contributed by atoms with E-state index in [0.717, 1.165) is 0 Å². The van der Waals surface area contributed by atoms with Gasteiger partial charge in [-0.25, -0.2) is 4.98 Å². The second-order valence-corrected chi connectivity index (χ2v) is 9.34. The molecule has 0 bridgehead atoms. The standard InChI is InChI=1S/C31H25ClN2O6/c1-38-23-11-6-19(7-12-23)29(35)27-28(34(31(37)30(27)36)26-5-3-4-16-33-26)20-8-15-25(39-2)21(17-20)18-40-24-13-9-22(32)10-14-24/h3-17,28,35H,18H2,1-2H3. The summed E-state index contributed by atoms with van der Waals surface area (Å²) >= 11 is 5.98. The zero-order valence-corrected chi connectivity index (χ0v) is 22.5. The normalized spacial score (nSPS) is 16.2.